The molecule has 1 heterocycles. The van der Waals surface area contributed by atoms with E-state index in [-0.39, 0.29) is 0 Å². The van der Waals surface area contributed by atoms with E-state index < -0.39 is 43.1 Å². The van der Waals surface area contributed by atoms with Crippen molar-refractivity contribution in [1.29, 1.82) is 0 Å². The number of hydrogen-bond donors (Lipinski definition) is 2. The Bertz CT molecular complexity index is 770. The zero-order chi connectivity index (χ0) is 14.9. The molecule has 0 aliphatic rings. The monoisotopic (exact) mass is 319 g/mol. The average Bonchev–Trinajstić information content (AvgIpc) is 2.85. The summed E-state index contributed by atoms with van der Waals surface area (Å²) in [5.41, 5.74) is -0.590. The molecule has 0 unspecified atom stereocenters. The summed E-state index contributed by atoms with van der Waals surface area (Å²) >= 11 is 0.716. The summed E-state index contributed by atoms with van der Waals surface area (Å²) in [6, 6.07) is 4.07. The van der Waals surface area contributed by atoms with Crippen LogP contribution >= 0.6 is 11.3 Å². The predicted molar refractivity (Wildman–Crippen MR) is 68.4 cm³/mol. The van der Waals surface area contributed by atoms with Crippen LogP contribution < -0.4 is 4.72 Å². The summed E-state index contributed by atoms with van der Waals surface area (Å²) in [5, 5.41) is 10.1. The van der Waals surface area contributed by atoms with Gasteiger partial charge >= 0.3 is 5.97 Å². The third kappa shape index (κ3) is 2.63. The maximum absolute atomic E-state index is 13.4. The molecule has 0 saturated carbocycles. The molecule has 2 N–H and O–H groups in total. The SMILES string of the molecule is O=C(O)c1sccc1S(=O)(=O)Nc1cccc(F)c1F. The maximum Gasteiger partial charge on any atom is 0.347 e. The Labute approximate surface area is 116 Å². The van der Waals surface area contributed by atoms with Gasteiger partial charge in [-0.05, 0) is 23.6 Å². The van der Waals surface area contributed by atoms with E-state index in [1.54, 1.807) is 0 Å². The first-order valence-corrected chi connectivity index (χ1v) is 7.47. The van der Waals surface area contributed by atoms with Gasteiger partial charge in [0.15, 0.2) is 11.6 Å². The first-order valence-electron chi connectivity index (χ1n) is 5.10. The quantitative estimate of drug-likeness (QED) is 0.907. The second-order valence-electron chi connectivity index (χ2n) is 3.63. The van der Waals surface area contributed by atoms with Crippen LogP contribution in [-0.4, -0.2) is 19.5 Å². The molecule has 9 heteroatoms. The highest BCUT2D eigenvalue weighted by Crippen LogP contribution is 2.26. The van der Waals surface area contributed by atoms with Crippen LogP contribution in [0.3, 0.4) is 0 Å². The Morgan fingerprint density at radius 2 is 1.95 bits per heavy atom. The van der Waals surface area contributed by atoms with Gasteiger partial charge in [-0.15, -0.1) is 11.3 Å². The number of nitrogens with one attached hydrogen (secondary N) is 1. The average molecular weight is 319 g/mol. The summed E-state index contributed by atoms with van der Waals surface area (Å²) in [5.74, 6) is -3.99. The van der Waals surface area contributed by atoms with Crippen LogP contribution in [0.4, 0.5) is 14.5 Å². The van der Waals surface area contributed by atoms with Crippen molar-refractivity contribution >= 4 is 33.0 Å². The number of benzene rings is 1. The molecule has 0 saturated heterocycles. The van der Waals surface area contributed by atoms with Gasteiger partial charge in [0.05, 0.1) is 5.69 Å². The van der Waals surface area contributed by atoms with Gasteiger partial charge in [0.1, 0.15) is 9.77 Å². The van der Waals surface area contributed by atoms with Crippen LogP contribution in [0.25, 0.3) is 0 Å². The smallest absolute Gasteiger partial charge is 0.347 e. The normalized spacial score (nSPS) is 11.3. The number of carbonyl (C=O) groups is 1. The van der Waals surface area contributed by atoms with E-state index in [2.05, 4.69) is 0 Å². The van der Waals surface area contributed by atoms with Crippen molar-refractivity contribution < 1.29 is 27.1 Å². The minimum atomic E-state index is -4.31. The number of carboxylic acids is 1. The van der Waals surface area contributed by atoms with Crippen molar-refractivity contribution in [2.24, 2.45) is 0 Å². The van der Waals surface area contributed by atoms with Gasteiger partial charge in [-0.2, -0.15) is 0 Å². The fourth-order valence-corrected chi connectivity index (χ4v) is 3.77. The van der Waals surface area contributed by atoms with E-state index in [1.165, 1.54) is 5.38 Å². The highest BCUT2D eigenvalue weighted by molar-refractivity contribution is 7.93. The van der Waals surface area contributed by atoms with Crippen LogP contribution in [0.5, 0.6) is 0 Å². The van der Waals surface area contributed by atoms with E-state index >= 15 is 0 Å². The van der Waals surface area contributed by atoms with E-state index in [0.29, 0.717) is 11.3 Å². The molecule has 0 fully saturated rings. The molecule has 0 radical (unpaired) electrons. The predicted octanol–water partition coefficient (Wildman–Crippen LogP) is 2.53. The van der Waals surface area contributed by atoms with Gasteiger partial charge in [-0.1, -0.05) is 6.07 Å². The fraction of sp³-hybridized carbons (Fsp3) is 0. The molecule has 1 aromatic heterocycles. The number of thiophene rings is 1. The number of sulfonamides is 1. The van der Waals surface area contributed by atoms with Crippen LogP contribution in [0, 0.1) is 11.6 Å². The molecule has 2 aromatic rings. The summed E-state index contributed by atoms with van der Waals surface area (Å²) in [6.07, 6.45) is 0. The topological polar surface area (TPSA) is 83.5 Å². The molecule has 106 valence electrons. The molecular weight excluding hydrogens is 312 g/mol. The molecular formula is C11H7F2NO4S2. The lowest BCUT2D eigenvalue weighted by Crippen LogP contribution is -2.16. The van der Waals surface area contributed by atoms with E-state index in [4.69, 9.17) is 5.11 Å². The maximum atomic E-state index is 13.4. The van der Waals surface area contributed by atoms with Crippen molar-refractivity contribution in [2.45, 2.75) is 4.90 Å². The number of carboxylic acid groups (broad SMARTS) is 1. The van der Waals surface area contributed by atoms with E-state index in [1.807, 2.05) is 4.72 Å². The lowest BCUT2D eigenvalue weighted by molar-refractivity contribution is 0.0698. The molecule has 0 aliphatic heterocycles. The zero-order valence-corrected chi connectivity index (χ0v) is 11.3. The van der Waals surface area contributed by atoms with Gasteiger partial charge in [0.25, 0.3) is 10.0 Å². The Kier molecular flexibility index (Phi) is 3.73. The highest BCUT2D eigenvalue weighted by atomic mass is 32.2. The minimum absolute atomic E-state index is 0.408. The molecule has 2 rings (SSSR count). The Balaban J connectivity index is 2.44. The van der Waals surface area contributed by atoms with Gasteiger partial charge in [0.2, 0.25) is 0 Å². The fourth-order valence-electron chi connectivity index (χ4n) is 1.45. The zero-order valence-electron chi connectivity index (χ0n) is 9.63. The number of rotatable bonds is 4. The van der Waals surface area contributed by atoms with Gasteiger partial charge < -0.3 is 5.11 Å². The first kappa shape index (κ1) is 14.4. The van der Waals surface area contributed by atoms with Crippen molar-refractivity contribution in [1.82, 2.24) is 0 Å². The largest absolute Gasteiger partial charge is 0.477 e. The standard InChI is InChI=1S/C11H7F2NO4S2/c12-6-2-1-3-7(9(6)13)14-20(17,18)8-4-5-19-10(8)11(15)16/h1-5,14H,(H,15,16). The molecule has 0 spiro atoms. The Hall–Kier alpha value is -2.00. The van der Waals surface area contributed by atoms with Crippen LogP contribution in [0.1, 0.15) is 9.67 Å². The molecule has 0 atom stereocenters. The Morgan fingerprint density at radius 1 is 1.25 bits per heavy atom. The van der Waals surface area contributed by atoms with Crippen LogP contribution in [0.15, 0.2) is 34.5 Å². The summed E-state index contributed by atoms with van der Waals surface area (Å²) in [6.45, 7) is 0. The van der Waals surface area contributed by atoms with Crippen molar-refractivity contribution in [3.63, 3.8) is 0 Å². The number of hydrogen-bond acceptors (Lipinski definition) is 4. The second kappa shape index (κ2) is 5.17. The minimum Gasteiger partial charge on any atom is -0.477 e. The molecule has 0 amide bonds. The third-order valence-corrected chi connectivity index (χ3v) is 4.75. The highest BCUT2D eigenvalue weighted by Gasteiger charge is 2.25. The summed E-state index contributed by atoms with van der Waals surface area (Å²) < 4.78 is 52.2. The van der Waals surface area contributed by atoms with Crippen molar-refractivity contribution in [3.8, 4) is 0 Å². The number of halogens is 2. The molecule has 0 aliphatic carbocycles. The van der Waals surface area contributed by atoms with Crippen molar-refractivity contribution in [3.05, 3.63) is 46.2 Å². The lowest BCUT2D eigenvalue weighted by Gasteiger charge is -2.08. The van der Waals surface area contributed by atoms with E-state index in [0.717, 1.165) is 24.3 Å². The second-order valence-corrected chi connectivity index (χ2v) is 6.19. The first-order chi connectivity index (χ1) is 9.33. The Morgan fingerprint density at radius 3 is 2.60 bits per heavy atom. The number of anilines is 1. The van der Waals surface area contributed by atoms with Crippen LogP contribution in [0.2, 0.25) is 0 Å². The summed E-state index contributed by atoms with van der Waals surface area (Å²) in [7, 11) is -4.31. The molecule has 1 aromatic carbocycles. The summed E-state index contributed by atoms with van der Waals surface area (Å²) in [4.78, 5) is 9.98. The van der Waals surface area contributed by atoms with Gasteiger partial charge in [-0.25, -0.2) is 22.0 Å². The lowest BCUT2D eigenvalue weighted by atomic mass is 10.3. The molecule has 20 heavy (non-hydrogen) atoms. The molecule has 5 nitrogen and oxygen atoms in total. The van der Waals surface area contributed by atoms with Gasteiger partial charge in [-0.3, -0.25) is 4.72 Å². The van der Waals surface area contributed by atoms with Crippen molar-refractivity contribution in [2.75, 3.05) is 4.72 Å². The number of aromatic carboxylic acids is 1. The third-order valence-electron chi connectivity index (χ3n) is 2.31. The molecule has 0 bridgehead atoms. The van der Waals surface area contributed by atoms with Gasteiger partial charge in [0, 0.05) is 0 Å². The van der Waals surface area contributed by atoms with E-state index in [9.17, 15) is 22.0 Å². The van der Waals surface area contributed by atoms with Crippen LogP contribution in [-0.2, 0) is 10.0 Å².